The number of H-pyrrole nitrogens is 1. The molecule has 0 unspecified atom stereocenters. The van der Waals surface area contributed by atoms with Gasteiger partial charge in [0.1, 0.15) is 0 Å². The maximum atomic E-state index is 13.0. The SMILES string of the molecule is CCN(CC1CCNCC1)c1cc(Cl)cc(C(=O)NCc2c(C)cc(C)[nH]c2=O)c1C. The van der Waals surface area contributed by atoms with E-state index in [0.29, 0.717) is 22.1 Å². The van der Waals surface area contributed by atoms with E-state index >= 15 is 0 Å². The lowest BCUT2D eigenvalue weighted by atomic mass is 9.96. The predicted molar refractivity (Wildman–Crippen MR) is 127 cm³/mol. The topological polar surface area (TPSA) is 77.2 Å². The smallest absolute Gasteiger partial charge is 0.253 e. The number of benzene rings is 1. The standard InChI is InChI=1S/C24H33ClN4O2/c1-5-29(14-18-6-8-26-9-7-18)22-12-19(25)11-20(17(22)4)23(30)27-13-21-15(2)10-16(3)28-24(21)31/h10-12,18,26H,5-9,13-14H2,1-4H3,(H,27,30)(H,28,31). The maximum absolute atomic E-state index is 13.0. The van der Waals surface area contributed by atoms with Gasteiger partial charge in [-0.3, -0.25) is 9.59 Å². The molecular formula is C24H33ClN4O2. The fraction of sp³-hybridized carbons (Fsp3) is 0.500. The quantitative estimate of drug-likeness (QED) is 0.608. The lowest BCUT2D eigenvalue weighted by molar-refractivity contribution is 0.0950. The summed E-state index contributed by atoms with van der Waals surface area (Å²) in [7, 11) is 0. The summed E-state index contributed by atoms with van der Waals surface area (Å²) in [6, 6.07) is 5.57. The van der Waals surface area contributed by atoms with Gasteiger partial charge in [0.25, 0.3) is 11.5 Å². The average molecular weight is 445 g/mol. The number of amides is 1. The fourth-order valence-corrected chi connectivity index (χ4v) is 4.58. The van der Waals surface area contributed by atoms with Crippen LogP contribution >= 0.6 is 11.6 Å². The number of anilines is 1. The highest BCUT2D eigenvalue weighted by Crippen LogP contribution is 2.29. The Labute approximate surface area is 189 Å². The Morgan fingerprint density at radius 1 is 1.19 bits per heavy atom. The highest BCUT2D eigenvalue weighted by molar-refractivity contribution is 6.31. The summed E-state index contributed by atoms with van der Waals surface area (Å²) < 4.78 is 0. The molecule has 1 aliphatic heterocycles. The molecule has 1 fully saturated rings. The molecule has 0 saturated carbocycles. The van der Waals surface area contributed by atoms with Crippen molar-refractivity contribution in [3.8, 4) is 0 Å². The minimum absolute atomic E-state index is 0.166. The van der Waals surface area contributed by atoms with Gasteiger partial charge < -0.3 is 20.5 Å². The Hall–Kier alpha value is -2.31. The Morgan fingerprint density at radius 3 is 2.55 bits per heavy atom. The largest absolute Gasteiger partial charge is 0.371 e. The van der Waals surface area contributed by atoms with Gasteiger partial charge in [0, 0.05) is 47.2 Å². The number of hydrogen-bond acceptors (Lipinski definition) is 4. The van der Waals surface area contributed by atoms with Crippen LogP contribution in [0.1, 0.15) is 52.5 Å². The third-order valence-corrected chi connectivity index (χ3v) is 6.39. The Morgan fingerprint density at radius 2 is 1.90 bits per heavy atom. The van der Waals surface area contributed by atoms with Crippen LogP contribution in [0.5, 0.6) is 0 Å². The molecule has 1 amide bonds. The molecule has 1 aliphatic rings. The molecular weight excluding hydrogens is 412 g/mol. The first-order chi connectivity index (χ1) is 14.8. The molecule has 3 N–H and O–H groups in total. The van der Waals surface area contributed by atoms with Gasteiger partial charge in [-0.25, -0.2) is 0 Å². The van der Waals surface area contributed by atoms with Crippen molar-refractivity contribution in [3.05, 3.63) is 61.5 Å². The number of aromatic amines is 1. The number of halogens is 1. The van der Waals surface area contributed by atoms with E-state index in [0.717, 1.165) is 61.5 Å². The van der Waals surface area contributed by atoms with Gasteiger partial charge in [-0.05, 0) is 88.9 Å². The molecule has 0 aliphatic carbocycles. The molecule has 0 bridgehead atoms. The minimum Gasteiger partial charge on any atom is -0.371 e. The lowest BCUT2D eigenvalue weighted by Crippen LogP contribution is -2.36. The summed E-state index contributed by atoms with van der Waals surface area (Å²) in [6.07, 6.45) is 2.32. The number of piperidine rings is 1. The summed E-state index contributed by atoms with van der Waals surface area (Å²) in [5.74, 6) is 0.409. The van der Waals surface area contributed by atoms with E-state index in [1.807, 2.05) is 32.9 Å². The van der Waals surface area contributed by atoms with Crippen LogP contribution in [-0.4, -0.2) is 37.1 Å². The number of aromatic nitrogens is 1. The van der Waals surface area contributed by atoms with Crippen LogP contribution in [0.15, 0.2) is 23.0 Å². The average Bonchev–Trinajstić information content (AvgIpc) is 2.73. The second kappa shape index (κ2) is 10.3. The monoisotopic (exact) mass is 444 g/mol. The molecule has 1 aromatic heterocycles. The van der Waals surface area contributed by atoms with E-state index in [4.69, 9.17) is 11.6 Å². The Bertz CT molecular complexity index is 996. The van der Waals surface area contributed by atoms with Crippen LogP contribution in [0.3, 0.4) is 0 Å². The van der Waals surface area contributed by atoms with E-state index in [1.165, 1.54) is 0 Å². The van der Waals surface area contributed by atoms with Crippen LogP contribution in [-0.2, 0) is 6.54 Å². The molecule has 6 nitrogen and oxygen atoms in total. The van der Waals surface area contributed by atoms with Crippen LogP contribution in [0.25, 0.3) is 0 Å². The molecule has 0 radical (unpaired) electrons. The highest BCUT2D eigenvalue weighted by Gasteiger charge is 2.21. The number of nitrogens with one attached hydrogen (secondary N) is 3. The fourth-order valence-electron chi connectivity index (χ4n) is 4.37. The van der Waals surface area contributed by atoms with E-state index in [-0.39, 0.29) is 18.0 Å². The Balaban J connectivity index is 1.80. The van der Waals surface area contributed by atoms with Crippen LogP contribution in [0.2, 0.25) is 5.02 Å². The van der Waals surface area contributed by atoms with Crippen molar-refractivity contribution in [3.63, 3.8) is 0 Å². The number of carbonyl (C=O) groups excluding carboxylic acids is 1. The molecule has 1 aromatic carbocycles. The second-order valence-electron chi connectivity index (χ2n) is 8.46. The van der Waals surface area contributed by atoms with E-state index in [9.17, 15) is 9.59 Å². The van der Waals surface area contributed by atoms with Crippen molar-refractivity contribution in [2.75, 3.05) is 31.1 Å². The van der Waals surface area contributed by atoms with Gasteiger partial charge in [-0.2, -0.15) is 0 Å². The molecule has 2 aromatic rings. The van der Waals surface area contributed by atoms with Crippen molar-refractivity contribution in [2.24, 2.45) is 5.92 Å². The van der Waals surface area contributed by atoms with E-state index < -0.39 is 0 Å². The van der Waals surface area contributed by atoms with Crippen molar-refractivity contribution in [1.29, 1.82) is 0 Å². The highest BCUT2D eigenvalue weighted by atomic mass is 35.5. The van der Waals surface area contributed by atoms with Crippen LogP contribution in [0, 0.1) is 26.7 Å². The molecule has 2 heterocycles. The number of rotatable bonds is 7. The van der Waals surface area contributed by atoms with Crippen LogP contribution in [0.4, 0.5) is 5.69 Å². The number of pyridine rings is 1. The first-order valence-corrected chi connectivity index (χ1v) is 11.4. The third kappa shape index (κ3) is 5.69. The summed E-state index contributed by atoms with van der Waals surface area (Å²) >= 11 is 6.42. The van der Waals surface area contributed by atoms with Crippen molar-refractivity contribution in [1.82, 2.24) is 15.6 Å². The number of carbonyl (C=O) groups is 1. The van der Waals surface area contributed by atoms with Crippen molar-refractivity contribution >= 4 is 23.2 Å². The molecule has 7 heteroatoms. The van der Waals surface area contributed by atoms with E-state index in [1.54, 1.807) is 6.07 Å². The lowest BCUT2D eigenvalue weighted by Gasteiger charge is -2.32. The number of nitrogens with zero attached hydrogens (tertiary/aromatic N) is 1. The number of hydrogen-bond donors (Lipinski definition) is 3. The molecule has 1 saturated heterocycles. The normalized spacial score (nSPS) is 14.5. The van der Waals surface area contributed by atoms with Crippen molar-refractivity contribution < 1.29 is 4.79 Å². The zero-order valence-corrected chi connectivity index (χ0v) is 19.7. The van der Waals surface area contributed by atoms with Gasteiger partial charge >= 0.3 is 0 Å². The third-order valence-electron chi connectivity index (χ3n) is 6.17. The van der Waals surface area contributed by atoms with Crippen molar-refractivity contribution in [2.45, 2.75) is 47.1 Å². The summed E-state index contributed by atoms with van der Waals surface area (Å²) in [5, 5.41) is 6.86. The van der Waals surface area contributed by atoms with Crippen LogP contribution < -0.4 is 21.1 Å². The van der Waals surface area contributed by atoms with Gasteiger partial charge in [-0.1, -0.05) is 11.6 Å². The molecule has 3 rings (SSSR count). The van der Waals surface area contributed by atoms with Gasteiger partial charge in [-0.15, -0.1) is 0 Å². The number of aryl methyl sites for hydroxylation is 2. The molecule has 168 valence electrons. The molecule has 0 spiro atoms. The maximum Gasteiger partial charge on any atom is 0.253 e. The zero-order valence-electron chi connectivity index (χ0n) is 18.9. The predicted octanol–water partition coefficient (Wildman–Crippen LogP) is 3.71. The second-order valence-corrected chi connectivity index (χ2v) is 8.89. The van der Waals surface area contributed by atoms with Gasteiger partial charge in [0.05, 0.1) is 0 Å². The summed E-state index contributed by atoms with van der Waals surface area (Å²) in [6.45, 7) is 11.9. The summed E-state index contributed by atoms with van der Waals surface area (Å²) in [4.78, 5) is 30.4. The summed E-state index contributed by atoms with van der Waals surface area (Å²) in [5.41, 5.74) is 4.54. The van der Waals surface area contributed by atoms with E-state index in [2.05, 4.69) is 27.4 Å². The van der Waals surface area contributed by atoms with Gasteiger partial charge in [0.15, 0.2) is 0 Å². The van der Waals surface area contributed by atoms with Gasteiger partial charge in [0.2, 0.25) is 0 Å². The first-order valence-electron chi connectivity index (χ1n) is 11.0. The Kier molecular flexibility index (Phi) is 7.79. The zero-order chi connectivity index (χ0) is 22.5. The molecule has 0 atom stereocenters. The first kappa shape index (κ1) is 23.4. The minimum atomic E-state index is -0.224. The molecule has 31 heavy (non-hydrogen) atoms.